The predicted molar refractivity (Wildman–Crippen MR) is 76.6 cm³/mol. The molecule has 3 rings (SSSR count). The van der Waals surface area contributed by atoms with E-state index in [0.29, 0.717) is 5.69 Å². The smallest absolute Gasteiger partial charge is 0.125 e. The van der Waals surface area contributed by atoms with Gasteiger partial charge in [0, 0.05) is 0 Å². The van der Waals surface area contributed by atoms with Crippen molar-refractivity contribution in [1.29, 1.82) is 0 Å². The van der Waals surface area contributed by atoms with E-state index in [9.17, 15) is 5.11 Å². The van der Waals surface area contributed by atoms with E-state index in [1.165, 1.54) is 4.80 Å². The molecule has 0 saturated heterocycles. The van der Waals surface area contributed by atoms with Crippen molar-refractivity contribution in [2.75, 3.05) is 0 Å². The van der Waals surface area contributed by atoms with Crippen molar-refractivity contribution in [3.63, 3.8) is 0 Å². The van der Waals surface area contributed by atoms with Crippen molar-refractivity contribution in [2.24, 2.45) is 0 Å². The van der Waals surface area contributed by atoms with Crippen LogP contribution in [0.3, 0.4) is 0 Å². The molecule has 1 aromatic heterocycles. The minimum atomic E-state index is -0.756. The molecule has 0 aliphatic heterocycles. The molecule has 0 amide bonds. The first-order chi connectivity index (χ1) is 9.75. The number of aryl methyl sites for hydroxylation is 1. The van der Waals surface area contributed by atoms with Crippen LogP contribution >= 0.6 is 0 Å². The molecule has 4 nitrogen and oxygen atoms in total. The van der Waals surface area contributed by atoms with Gasteiger partial charge in [-0.05, 0) is 30.2 Å². The normalized spacial score (nSPS) is 12.3. The largest absolute Gasteiger partial charge is 0.382 e. The fraction of sp³-hybridized carbons (Fsp3) is 0.125. The van der Waals surface area contributed by atoms with E-state index in [4.69, 9.17) is 0 Å². The average Bonchev–Trinajstić information content (AvgIpc) is 2.98. The summed E-state index contributed by atoms with van der Waals surface area (Å²) in [5.74, 6) is 0. The van der Waals surface area contributed by atoms with Crippen molar-refractivity contribution >= 4 is 0 Å². The number of hydrogen-bond acceptors (Lipinski definition) is 3. The maximum absolute atomic E-state index is 10.4. The number of benzene rings is 2. The van der Waals surface area contributed by atoms with E-state index in [2.05, 4.69) is 10.2 Å². The highest BCUT2D eigenvalue weighted by atomic mass is 16.3. The quantitative estimate of drug-likeness (QED) is 0.792. The maximum atomic E-state index is 10.4. The van der Waals surface area contributed by atoms with Gasteiger partial charge in [0.2, 0.25) is 0 Å². The van der Waals surface area contributed by atoms with Gasteiger partial charge in [-0.1, -0.05) is 42.5 Å². The van der Waals surface area contributed by atoms with E-state index in [1.807, 2.05) is 61.5 Å². The fourth-order valence-electron chi connectivity index (χ4n) is 2.14. The third-order valence-electron chi connectivity index (χ3n) is 3.26. The Kier molecular flexibility index (Phi) is 3.31. The lowest BCUT2D eigenvalue weighted by atomic mass is 10.0. The first-order valence-electron chi connectivity index (χ1n) is 6.47. The molecule has 1 atom stereocenters. The molecule has 4 heteroatoms. The van der Waals surface area contributed by atoms with E-state index >= 15 is 0 Å². The topological polar surface area (TPSA) is 50.9 Å². The highest BCUT2D eigenvalue weighted by molar-refractivity contribution is 5.33. The van der Waals surface area contributed by atoms with Crippen LogP contribution in [0.2, 0.25) is 0 Å². The van der Waals surface area contributed by atoms with E-state index in [1.54, 1.807) is 6.20 Å². The molecule has 0 radical (unpaired) electrons. The minimum Gasteiger partial charge on any atom is -0.382 e. The lowest BCUT2D eigenvalue weighted by molar-refractivity contribution is 0.214. The highest BCUT2D eigenvalue weighted by Gasteiger charge is 2.16. The van der Waals surface area contributed by atoms with Crippen molar-refractivity contribution in [2.45, 2.75) is 13.0 Å². The van der Waals surface area contributed by atoms with Gasteiger partial charge in [-0.15, -0.1) is 0 Å². The molecular weight excluding hydrogens is 250 g/mol. The summed E-state index contributed by atoms with van der Waals surface area (Å²) in [4.78, 5) is 1.52. The molecule has 0 saturated carbocycles. The Balaban J connectivity index is 1.93. The van der Waals surface area contributed by atoms with Gasteiger partial charge in [0.15, 0.2) is 0 Å². The summed E-state index contributed by atoms with van der Waals surface area (Å²) >= 11 is 0. The fourth-order valence-corrected chi connectivity index (χ4v) is 2.14. The molecule has 0 spiro atoms. The van der Waals surface area contributed by atoms with Gasteiger partial charge < -0.3 is 5.11 Å². The van der Waals surface area contributed by atoms with Gasteiger partial charge in [-0.25, -0.2) is 0 Å². The van der Waals surface area contributed by atoms with Gasteiger partial charge in [0.05, 0.1) is 11.9 Å². The molecule has 100 valence electrons. The number of rotatable bonds is 3. The van der Waals surface area contributed by atoms with Crippen LogP contribution in [0.1, 0.15) is 22.9 Å². The standard InChI is InChI=1S/C16H15N3O/c1-12-7-5-6-10-14(12)16(20)15-11-17-19(18-15)13-8-3-2-4-9-13/h2-11,16,20H,1H3. The summed E-state index contributed by atoms with van der Waals surface area (Å²) in [6, 6.07) is 17.4. The first-order valence-corrected chi connectivity index (χ1v) is 6.47. The average molecular weight is 265 g/mol. The molecular formula is C16H15N3O. The zero-order valence-electron chi connectivity index (χ0n) is 11.1. The second-order valence-electron chi connectivity index (χ2n) is 4.65. The molecule has 20 heavy (non-hydrogen) atoms. The van der Waals surface area contributed by atoms with Crippen molar-refractivity contribution in [3.05, 3.63) is 77.6 Å². The first kappa shape index (κ1) is 12.6. The Labute approximate surface area is 117 Å². The monoisotopic (exact) mass is 265 g/mol. The van der Waals surface area contributed by atoms with Crippen LogP contribution in [0.5, 0.6) is 0 Å². The van der Waals surface area contributed by atoms with E-state index in [0.717, 1.165) is 16.8 Å². The zero-order chi connectivity index (χ0) is 13.9. The van der Waals surface area contributed by atoms with Crippen LogP contribution in [-0.4, -0.2) is 20.1 Å². The van der Waals surface area contributed by atoms with Crippen LogP contribution in [0.25, 0.3) is 5.69 Å². The summed E-state index contributed by atoms with van der Waals surface area (Å²) in [6.45, 7) is 1.97. The predicted octanol–water partition coefficient (Wildman–Crippen LogP) is 2.66. The third kappa shape index (κ3) is 2.33. The van der Waals surface area contributed by atoms with E-state index in [-0.39, 0.29) is 0 Å². The van der Waals surface area contributed by atoms with Crippen LogP contribution in [0.15, 0.2) is 60.8 Å². The van der Waals surface area contributed by atoms with Crippen LogP contribution in [0, 0.1) is 6.92 Å². The summed E-state index contributed by atoms with van der Waals surface area (Å²) in [7, 11) is 0. The molecule has 1 heterocycles. The molecule has 1 unspecified atom stereocenters. The molecule has 2 aromatic carbocycles. The summed E-state index contributed by atoms with van der Waals surface area (Å²) < 4.78 is 0. The van der Waals surface area contributed by atoms with E-state index < -0.39 is 6.10 Å². The van der Waals surface area contributed by atoms with Crippen molar-refractivity contribution < 1.29 is 5.11 Å². The summed E-state index contributed by atoms with van der Waals surface area (Å²) in [5.41, 5.74) is 3.31. The summed E-state index contributed by atoms with van der Waals surface area (Å²) in [5, 5.41) is 19.0. The van der Waals surface area contributed by atoms with Gasteiger partial charge in [-0.2, -0.15) is 15.0 Å². The second-order valence-corrected chi connectivity index (χ2v) is 4.65. The zero-order valence-corrected chi connectivity index (χ0v) is 11.1. The Bertz CT molecular complexity index is 707. The highest BCUT2D eigenvalue weighted by Crippen LogP contribution is 2.22. The van der Waals surface area contributed by atoms with Crippen molar-refractivity contribution in [3.8, 4) is 5.69 Å². The maximum Gasteiger partial charge on any atom is 0.125 e. The molecule has 0 aliphatic rings. The van der Waals surface area contributed by atoms with Crippen LogP contribution < -0.4 is 0 Å². The van der Waals surface area contributed by atoms with Gasteiger partial charge >= 0.3 is 0 Å². The van der Waals surface area contributed by atoms with Gasteiger partial charge in [0.1, 0.15) is 11.8 Å². The Morgan fingerprint density at radius 2 is 1.70 bits per heavy atom. The van der Waals surface area contributed by atoms with Crippen LogP contribution in [0.4, 0.5) is 0 Å². The molecule has 0 aliphatic carbocycles. The minimum absolute atomic E-state index is 0.545. The lowest BCUT2D eigenvalue weighted by Crippen LogP contribution is -2.04. The number of aliphatic hydroxyl groups is 1. The van der Waals surface area contributed by atoms with Gasteiger partial charge in [-0.3, -0.25) is 0 Å². The molecule has 0 bridgehead atoms. The third-order valence-corrected chi connectivity index (χ3v) is 3.26. The molecule has 0 fully saturated rings. The van der Waals surface area contributed by atoms with Crippen LogP contribution in [-0.2, 0) is 0 Å². The summed E-state index contributed by atoms with van der Waals surface area (Å²) in [6.07, 6.45) is 0.845. The number of aliphatic hydroxyl groups excluding tert-OH is 1. The Morgan fingerprint density at radius 1 is 1.00 bits per heavy atom. The number of nitrogens with zero attached hydrogens (tertiary/aromatic N) is 3. The Morgan fingerprint density at radius 3 is 2.45 bits per heavy atom. The van der Waals surface area contributed by atoms with Gasteiger partial charge in [0.25, 0.3) is 0 Å². The number of hydrogen-bond donors (Lipinski definition) is 1. The molecule has 3 aromatic rings. The number of aromatic nitrogens is 3. The Hall–Kier alpha value is -2.46. The van der Waals surface area contributed by atoms with Crippen molar-refractivity contribution in [1.82, 2.24) is 15.0 Å². The lowest BCUT2D eigenvalue weighted by Gasteiger charge is -2.10. The molecule has 1 N–H and O–H groups in total. The SMILES string of the molecule is Cc1ccccc1C(O)c1cnn(-c2ccccc2)n1. The second kappa shape index (κ2) is 5.27. The number of para-hydroxylation sites is 1.